The summed E-state index contributed by atoms with van der Waals surface area (Å²) in [7, 11) is 0. The summed E-state index contributed by atoms with van der Waals surface area (Å²) in [4.78, 5) is 26.4. The van der Waals surface area contributed by atoms with Crippen LogP contribution in [-0.4, -0.2) is 29.3 Å². The second-order valence-corrected chi connectivity index (χ2v) is 6.99. The highest BCUT2D eigenvalue weighted by molar-refractivity contribution is 6.36. The Balaban J connectivity index is 1.63. The Morgan fingerprint density at radius 3 is 2.54 bits per heavy atom. The molecule has 1 aliphatic carbocycles. The number of nitrogens with zero attached hydrogens (tertiary/aromatic N) is 1. The highest BCUT2D eigenvalue weighted by Crippen LogP contribution is 2.29. The van der Waals surface area contributed by atoms with E-state index >= 15 is 0 Å². The molecule has 0 spiro atoms. The second kappa shape index (κ2) is 8.06. The maximum Gasteiger partial charge on any atom is 0.253 e. The molecule has 1 saturated carbocycles. The molecule has 0 bridgehead atoms. The first kappa shape index (κ1) is 18.7. The summed E-state index contributed by atoms with van der Waals surface area (Å²) in [5, 5.41) is 3.21. The first-order chi connectivity index (χ1) is 12.5. The van der Waals surface area contributed by atoms with Gasteiger partial charge in [0.15, 0.2) is 0 Å². The first-order valence-corrected chi connectivity index (χ1v) is 8.97. The van der Waals surface area contributed by atoms with Crippen LogP contribution in [-0.2, 0) is 11.3 Å². The number of hydrogen-bond acceptors (Lipinski definition) is 2. The van der Waals surface area contributed by atoms with Gasteiger partial charge in [-0.25, -0.2) is 4.39 Å². The average Bonchev–Trinajstić information content (AvgIpc) is 3.43. The van der Waals surface area contributed by atoms with Crippen LogP contribution in [0.25, 0.3) is 0 Å². The van der Waals surface area contributed by atoms with Crippen LogP contribution in [0.2, 0.25) is 10.0 Å². The third kappa shape index (κ3) is 4.54. The van der Waals surface area contributed by atoms with Crippen LogP contribution in [0.3, 0.4) is 0 Å². The lowest BCUT2D eigenvalue weighted by Gasteiger charge is -2.23. The molecule has 0 aromatic heterocycles. The number of hydrogen-bond donors (Lipinski definition) is 1. The van der Waals surface area contributed by atoms with Crippen LogP contribution in [0.5, 0.6) is 0 Å². The quantitative estimate of drug-likeness (QED) is 0.802. The Labute approximate surface area is 160 Å². The highest BCUT2D eigenvalue weighted by Gasteiger charge is 2.33. The van der Waals surface area contributed by atoms with Crippen molar-refractivity contribution in [1.29, 1.82) is 0 Å². The summed E-state index contributed by atoms with van der Waals surface area (Å²) in [6.07, 6.45) is 1.77. The summed E-state index contributed by atoms with van der Waals surface area (Å²) >= 11 is 11.8. The van der Waals surface area contributed by atoms with Gasteiger partial charge in [-0.1, -0.05) is 41.4 Å². The molecular formula is C19H17Cl2FN2O2. The standard InChI is InChI=1S/C19H17Cl2FN2O2/c20-13-5-8-15(16(21)9-13)19(26)23-10-18(25)24(14-6-7-14)11-12-3-1-2-4-17(12)22/h1-5,8-9,14H,6-7,10-11H2,(H,23,26). The van der Waals surface area contributed by atoms with E-state index in [4.69, 9.17) is 23.2 Å². The van der Waals surface area contributed by atoms with Crippen molar-refractivity contribution in [2.45, 2.75) is 25.4 Å². The van der Waals surface area contributed by atoms with Crippen molar-refractivity contribution in [3.8, 4) is 0 Å². The second-order valence-electron chi connectivity index (χ2n) is 6.15. The zero-order valence-electron chi connectivity index (χ0n) is 13.8. The van der Waals surface area contributed by atoms with Gasteiger partial charge in [-0.2, -0.15) is 0 Å². The van der Waals surface area contributed by atoms with Crippen molar-refractivity contribution in [3.05, 3.63) is 69.5 Å². The van der Waals surface area contributed by atoms with E-state index in [1.54, 1.807) is 29.2 Å². The van der Waals surface area contributed by atoms with E-state index in [0.29, 0.717) is 10.6 Å². The summed E-state index contributed by atoms with van der Waals surface area (Å²) < 4.78 is 13.9. The number of benzene rings is 2. The van der Waals surface area contributed by atoms with Gasteiger partial charge >= 0.3 is 0 Å². The maximum atomic E-state index is 13.9. The smallest absolute Gasteiger partial charge is 0.253 e. The molecule has 0 unspecified atom stereocenters. The Morgan fingerprint density at radius 1 is 1.15 bits per heavy atom. The molecule has 1 aliphatic rings. The van der Waals surface area contributed by atoms with E-state index in [0.717, 1.165) is 12.8 Å². The summed E-state index contributed by atoms with van der Waals surface area (Å²) in [5.41, 5.74) is 0.704. The zero-order valence-corrected chi connectivity index (χ0v) is 15.4. The first-order valence-electron chi connectivity index (χ1n) is 8.22. The Bertz CT molecular complexity index is 840. The average molecular weight is 395 g/mol. The van der Waals surface area contributed by atoms with Gasteiger partial charge in [-0.3, -0.25) is 9.59 Å². The Hall–Kier alpha value is -2.11. The van der Waals surface area contributed by atoms with Crippen molar-refractivity contribution in [2.75, 3.05) is 6.54 Å². The largest absolute Gasteiger partial charge is 0.343 e. The third-order valence-corrected chi connectivity index (χ3v) is 4.73. The number of nitrogens with one attached hydrogen (secondary N) is 1. The van der Waals surface area contributed by atoms with E-state index in [2.05, 4.69) is 5.32 Å². The van der Waals surface area contributed by atoms with Crippen molar-refractivity contribution in [3.63, 3.8) is 0 Å². The van der Waals surface area contributed by atoms with E-state index in [1.165, 1.54) is 18.2 Å². The van der Waals surface area contributed by atoms with Crippen LogP contribution in [0.1, 0.15) is 28.8 Å². The van der Waals surface area contributed by atoms with Gasteiger partial charge < -0.3 is 10.2 Å². The van der Waals surface area contributed by atoms with Gasteiger partial charge in [-0.05, 0) is 37.1 Å². The fourth-order valence-electron chi connectivity index (χ4n) is 2.64. The normalized spacial score (nSPS) is 13.3. The topological polar surface area (TPSA) is 49.4 Å². The number of carbonyl (C=O) groups excluding carboxylic acids is 2. The predicted molar refractivity (Wildman–Crippen MR) is 98.8 cm³/mol. The minimum atomic E-state index is -0.457. The van der Waals surface area contributed by atoms with Gasteiger partial charge in [-0.15, -0.1) is 0 Å². The van der Waals surface area contributed by atoms with E-state index in [9.17, 15) is 14.0 Å². The number of rotatable bonds is 6. The van der Waals surface area contributed by atoms with Crippen molar-refractivity contribution in [1.82, 2.24) is 10.2 Å². The van der Waals surface area contributed by atoms with E-state index < -0.39 is 5.91 Å². The molecule has 0 atom stereocenters. The van der Waals surface area contributed by atoms with Crippen molar-refractivity contribution < 1.29 is 14.0 Å². The Kier molecular flexibility index (Phi) is 5.79. The van der Waals surface area contributed by atoms with Crippen LogP contribution in [0.15, 0.2) is 42.5 Å². The van der Waals surface area contributed by atoms with Crippen LogP contribution < -0.4 is 5.32 Å². The number of amides is 2. The lowest BCUT2D eigenvalue weighted by atomic mass is 10.2. The van der Waals surface area contributed by atoms with Crippen molar-refractivity contribution >= 4 is 35.0 Å². The van der Waals surface area contributed by atoms with Gasteiger partial charge in [0.1, 0.15) is 5.82 Å². The molecule has 2 aromatic rings. The van der Waals surface area contributed by atoms with Crippen LogP contribution in [0.4, 0.5) is 4.39 Å². The minimum absolute atomic E-state index is 0.0955. The fourth-order valence-corrected chi connectivity index (χ4v) is 3.14. The van der Waals surface area contributed by atoms with Gasteiger partial charge in [0.05, 0.1) is 17.1 Å². The number of halogens is 3. The molecule has 0 heterocycles. The summed E-state index contributed by atoms with van der Waals surface area (Å²) in [6, 6.07) is 11.0. The Morgan fingerprint density at radius 2 is 1.88 bits per heavy atom. The molecule has 3 rings (SSSR count). The molecule has 136 valence electrons. The van der Waals surface area contributed by atoms with Crippen LogP contribution in [0, 0.1) is 5.82 Å². The zero-order chi connectivity index (χ0) is 18.7. The molecule has 2 aromatic carbocycles. The number of carbonyl (C=O) groups is 2. The third-order valence-electron chi connectivity index (χ3n) is 4.18. The molecule has 2 amide bonds. The highest BCUT2D eigenvalue weighted by atomic mass is 35.5. The lowest BCUT2D eigenvalue weighted by molar-refractivity contribution is -0.131. The summed E-state index contributed by atoms with van der Waals surface area (Å²) in [6.45, 7) is 0.0104. The molecule has 0 saturated heterocycles. The van der Waals surface area contributed by atoms with Crippen molar-refractivity contribution in [2.24, 2.45) is 0 Å². The summed E-state index contributed by atoms with van der Waals surface area (Å²) in [5.74, 6) is -1.06. The van der Waals surface area contributed by atoms with Gasteiger partial charge in [0.25, 0.3) is 5.91 Å². The molecular weight excluding hydrogens is 378 g/mol. The fraction of sp³-hybridized carbons (Fsp3) is 0.263. The van der Waals surface area contributed by atoms with Gasteiger partial charge in [0.2, 0.25) is 5.91 Å². The van der Waals surface area contributed by atoms with E-state index in [1.807, 2.05) is 0 Å². The predicted octanol–water partition coefficient (Wildman–Crippen LogP) is 4.05. The molecule has 4 nitrogen and oxygen atoms in total. The molecule has 0 radical (unpaired) electrons. The molecule has 1 fully saturated rings. The van der Waals surface area contributed by atoms with Gasteiger partial charge in [0, 0.05) is 23.2 Å². The van der Waals surface area contributed by atoms with Crippen LogP contribution >= 0.6 is 23.2 Å². The van der Waals surface area contributed by atoms with E-state index in [-0.39, 0.29) is 41.4 Å². The SMILES string of the molecule is O=C(NCC(=O)N(Cc1ccccc1F)C1CC1)c1ccc(Cl)cc1Cl. The molecule has 1 N–H and O–H groups in total. The monoisotopic (exact) mass is 394 g/mol. The molecule has 0 aliphatic heterocycles. The minimum Gasteiger partial charge on any atom is -0.343 e. The molecule has 26 heavy (non-hydrogen) atoms. The maximum absolute atomic E-state index is 13.9. The lowest BCUT2D eigenvalue weighted by Crippen LogP contribution is -2.41. The molecule has 7 heteroatoms.